The molecule has 18 heavy (non-hydrogen) atoms. The van der Waals surface area contributed by atoms with Gasteiger partial charge in [-0.1, -0.05) is 15.9 Å². The first-order valence-electron chi connectivity index (χ1n) is 5.29. The van der Waals surface area contributed by atoms with Crippen LogP contribution in [-0.2, 0) is 0 Å². The lowest BCUT2D eigenvalue weighted by Gasteiger charge is -2.09. The highest BCUT2D eigenvalue weighted by atomic mass is 79.9. The third-order valence-electron chi connectivity index (χ3n) is 2.51. The second kappa shape index (κ2) is 5.07. The van der Waals surface area contributed by atoms with E-state index in [-0.39, 0.29) is 0 Å². The summed E-state index contributed by atoms with van der Waals surface area (Å²) in [5, 5.41) is 12.1. The summed E-state index contributed by atoms with van der Waals surface area (Å²) in [7, 11) is 0. The number of nitrogens with zero attached hydrogens (tertiary/aromatic N) is 2. The third kappa shape index (κ3) is 2.60. The van der Waals surface area contributed by atoms with Gasteiger partial charge in [0.2, 0.25) is 0 Å². The Kier molecular flexibility index (Phi) is 3.49. The summed E-state index contributed by atoms with van der Waals surface area (Å²) in [5.41, 5.74) is 8.67. The molecule has 0 fully saturated rings. The zero-order chi connectivity index (χ0) is 13.1. The minimum atomic E-state index is 0.547. The van der Waals surface area contributed by atoms with E-state index in [1.54, 1.807) is 18.3 Å². The van der Waals surface area contributed by atoms with E-state index in [0.717, 1.165) is 10.0 Å². The number of nitrogens with two attached hydrogens (primary N) is 1. The van der Waals surface area contributed by atoms with Gasteiger partial charge in [0.25, 0.3) is 0 Å². The zero-order valence-corrected chi connectivity index (χ0v) is 11.3. The summed E-state index contributed by atoms with van der Waals surface area (Å²) in [4.78, 5) is 4.22. The SMILES string of the molecule is Cc1cnc(Nc2ccc(Br)cc2C#N)cc1N. The third-order valence-corrected chi connectivity index (χ3v) is 3.00. The first kappa shape index (κ1) is 12.4. The number of nitriles is 1. The molecule has 2 aromatic rings. The second-order valence-electron chi connectivity index (χ2n) is 3.85. The standard InChI is InChI=1S/C13H11BrN4/c1-8-7-17-13(5-11(8)16)18-12-3-2-10(14)4-9(12)6-15/h2-5,7H,1H3,(H3,16,17,18). The molecule has 90 valence electrons. The Hall–Kier alpha value is -2.06. The van der Waals surface area contributed by atoms with Crippen LogP contribution < -0.4 is 11.1 Å². The van der Waals surface area contributed by atoms with Crippen LogP contribution in [0, 0.1) is 18.3 Å². The molecule has 1 heterocycles. The van der Waals surface area contributed by atoms with Crippen LogP contribution in [0.4, 0.5) is 17.2 Å². The number of nitrogen functional groups attached to an aromatic ring is 1. The number of pyridine rings is 1. The van der Waals surface area contributed by atoms with Crippen LogP contribution in [0.3, 0.4) is 0 Å². The first-order valence-corrected chi connectivity index (χ1v) is 6.08. The number of rotatable bonds is 2. The molecule has 4 nitrogen and oxygen atoms in total. The minimum Gasteiger partial charge on any atom is -0.398 e. The number of aromatic nitrogens is 1. The molecule has 1 aromatic carbocycles. The number of benzene rings is 1. The fraction of sp³-hybridized carbons (Fsp3) is 0.0769. The van der Waals surface area contributed by atoms with Crippen LogP contribution in [0.1, 0.15) is 11.1 Å². The van der Waals surface area contributed by atoms with Crippen LogP contribution in [0.25, 0.3) is 0 Å². The van der Waals surface area contributed by atoms with Crippen LogP contribution in [0.15, 0.2) is 34.9 Å². The smallest absolute Gasteiger partial charge is 0.132 e. The van der Waals surface area contributed by atoms with Crippen LogP contribution in [-0.4, -0.2) is 4.98 Å². The Bertz CT molecular complexity index is 631. The molecule has 0 radical (unpaired) electrons. The van der Waals surface area contributed by atoms with Gasteiger partial charge < -0.3 is 11.1 Å². The van der Waals surface area contributed by atoms with E-state index >= 15 is 0 Å². The van der Waals surface area contributed by atoms with Gasteiger partial charge in [0.15, 0.2) is 0 Å². The topological polar surface area (TPSA) is 74.7 Å². The molecule has 0 aliphatic rings. The Balaban J connectivity index is 2.34. The monoisotopic (exact) mass is 302 g/mol. The fourth-order valence-corrected chi connectivity index (χ4v) is 1.82. The van der Waals surface area contributed by atoms with E-state index in [0.29, 0.717) is 22.8 Å². The van der Waals surface area contributed by atoms with Gasteiger partial charge in [0, 0.05) is 22.4 Å². The van der Waals surface area contributed by atoms with Crippen molar-refractivity contribution in [3.63, 3.8) is 0 Å². The molecule has 0 unspecified atom stereocenters. The molecule has 0 saturated carbocycles. The maximum absolute atomic E-state index is 9.06. The van der Waals surface area contributed by atoms with Crippen LogP contribution >= 0.6 is 15.9 Å². The molecule has 3 N–H and O–H groups in total. The predicted octanol–water partition coefficient (Wildman–Crippen LogP) is 3.35. The van der Waals surface area contributed by atoms with E-state index in [1.807, 2.05) is 19.1 Å². The highest BCUT2D eigenvalue weighted by Crippen LogP contribution is 2.24. The molecule has 0 bridgehead atoms. The largest absolute Gasteiger partial charge is 0.398 e. The molecule has 0 aliphatic heterocycles. The summed E-state index contributed by atoms with van der Waals surface area (Å²) in [5.74, 6) is 0.622. The maximum atomic E-state index is 9.06. The van der Waals surface area contributed by atoms with Gasteiger partial charge >= 0.3 is 0 Å². The summed E-state index contributed by atoms with van der Waals surface area (Å²) in [6.07, 6.45) is 1.70. The predicted molar refractivity (Wildman–Crippen MR) is 75.5 cm³/mol. The summed E-state index contributed by atoms with van der Waals surface area (Å²) >= 11 is 3.33. The van der Waals surface area contributed by atoms with E-state index in [1.165, 1.54) is 0 Å². The summed E-state index contributed by atoms with van der Waals surface area (Å²) in [6, 6.07) is 9.31. The van der Waals surface area contributed by atoms with Gasteiger partial charge in [-0.15, -0.1) is 0 Å². The number of hydrogen-bond donors (Lipinski definition) is 2. The molecule has 2 rings (SSSR count). The normalized spacial score (nSPS) is 9.83. The summed E-state index contributed by atoms with van der Waals surface area (Å²) in [6.45, 7) is 1.90. The molecule has 1 aromatic heterocycles. The van der Waals surface area contributed by atoms with Crippen molar-refractivity contribution >= 4 is 33.1 Å². The van der Waals surface area contributed by atoms with Crippen molar-refractivity contribution in [1.82, 2.24) is 4.98 Å². The Labute approximate surface area is 114 Å². The van der Waals surface area contributed by atoms with Gasteiger partial charge in [0.05, 0.1) is 11.3 Å². The van der Waals surface area contributed by atoms with Crippen molar-refractivity contribution in [1.29, 1.82) is 5.26 Å². The number of halogens is 1. The first-order chi connectivity index (χ1) is 8.60. The quantitative estimate of drug-likeness (QED) is 0.892. The van der Waals surface area contributed by atoms with Gasteiger partial charge in [-0.05, 0) is 30.7 Å². The van der Waals surface area contributed by atoms with Gasteiger partial charge in [-0.2, -0.15) is 5.26 Å². The average molecular weight is 303 g/mol. The number of hydrogen-bond acceptors (Lipinski definition) is 4. The van der Waals surface area contributed by atoms with E-state index < -0.39 is 0 Å². The lowest BCUT2D eigenvalue weighted by atomic mass is 10.2. The van der Waals surface area contributed by atoms with Crippen molar-refractivity contribution in [2.75, 3.05) is 11.1 Å². The molecule has 5 heteroatoms. The van der Waals surface area contributed by atoms with Crippen LogP contribution in [0.2, 0.25) is 0 Å². The molecule has 0 amide bonds. The van der Waals surface area contributed by atoms with Gasteiger partial charge in [-0.3, -0.25) is 0 Å². The van der Waals surface area contributed by atoms with Crippen LogP contribution in [0.5, 0.6) is 0 Å². The molecule has 0 aliphatic carbocycles. The minimum absolute atomic E-state index is 0.547. The highest BCUT2D eigenvalue weighted by molar-refractivity contribution is 9.10. The lowest BCUT2D eigenvalue weighted by molar-refractivity contribution is 1.26. The number of aryl methyl sites for hydroxylation is 1. The lowest BCUT2D eigenvalue weighted by Crippen LogP contribution is -1.99. The number of anilines is 3. The molecule has 0 spiro atoms. The maximum Gasteiger partial charge on any atom is 0.132 e. The highest BCUT2D eigenvalue weighted by Gasteiger charge is 2.05. The molecule has 0 saturated heterocycles. The zero-order valence-electron chi connectivity index (χ0n) is 9.74. The molecular formula is C13H11BrN4. The van der Waals surface area contributed by atoms with Crippen molar-refractivity contribution in [2.24, 2.45) is 0 Å². The Morgan fingerprint density at radius 3 is 2.83 bits per heavy atom. The molecule has 0 atom stereocenters. The van der Waals surface area contributed by atoms with Gasteiger partial charge in [-0.25, -0.2) is 4.98 Å². The van der Waals surface area contributed by atoms with E-state index in [4.69, 9.17) is 11.0 Å². The van der Waals surface area contributed by atoms with Crippen molar-refractivity contribution in [3.8, 4) is 6.07 Å². The second-order valence-corrected chi connectivity index (χ2v) is 4.77. The van der Waals surface area contributed by atoms with E-state index in [2.05, 4.69) is 32.3 Å². The Morgan fingerprint density at radius 1 is 1.39 bits per heavy atom. The van der Waals surface area contributed by atoms with E-state index in [9.17, 15) is 0 Å². The Morgan fingerprint density at radius 2 is 2.17 bits per heavy atom. The van der Waals surface area contributed by atoms with Gasteiger partial charge in [0.1, 0.15) is 11.9 Å². The molecular weight excluding hydrogens is 292 g/mol. The van der Waals surface area contributed by atoms with Crippen molar-refractivity contribution in [2.45, 2.75) is 6.92 Å². The fourth-order valence-electron chi connectivity index (χ4n) is 1.46. The summed E-state index contributed by atoms with van der Waals surface area (Å²) < 4.78 is 0.862. The average Bonchev–Trinajstić information content (AvgIpc) is 2.36. The van der Waals surface area contributed by atoms with Crippen molar-refractivity contribution in [3.05, 3.63) is 46.1 Å². The number of nitrogens with one attached hydrogen (secondary N) is 1. The van der Waals surface area contributed by atoms with Crippen molar-refractivity contribution < 1.29 is 0 Å².